The summed E-state index contributed by atoms with van der Waals surface area (Å²) < 4.78 is 0. The van der Waals surface area contributed by atoms with Gasteiger partial charge in [0.05, 0.1) is 6.61 Å². The standard InChI is InChI=1S/C5H11NO/c1-5-3-6(2)7-4-5/h5H,3-4H2,1-2H3/t5-/m1/s1. The molecular weight excluding hydrogens is 90.1 g/mol. The quantitative estimate of drug-likeness (QED) is 0.440. The van der Waals surface area contributed by atoms with Gasteiger partial charge in [-0.25, -0.2) is 0 Å². The molecule has 0 unspecified atom stereocenters. The Balaban J connectivity index is 2.26. The van der Waals surface area contributed by atoms with Gasteiger partial charge < -0.3 is 0 Å². The maximum atomic E-state index is 5.10. The molecular formula is C5H11NO. The average Bonchev–Trinajstić information content (AvgIpc) is 1.87. The highest BCUT2D eigenvalue weighted by Crippen LogP contribution is 2.07. The van der Waals surface area contributed by atoms with Crippen LogP contribution in [0.2, 0.25) is 0 Å². The van der Waals surface area contributed by atoms with E-state index < -0.39 is 0 Å². The molecule has 0 amide bonds. The molecule has 0 aromatic carbocycles. The van der Waals surface area contributed by atoms with Gasteiger partial charge in [-0.15, -0.1) is 0 Å². The van der Waals surface area contributed by atoms with E-state index in [1.165, 1.54) is 0 Å². The Kier molecular flexibility index (Phi) is 1.30. The molecule has 1 heterocycles. The molecule has 0 N–H and O–H groups in total. The fourth-order valence-corrected chi connectivity index (χ4v) is 0.799. The van der Waals surface area contributed by atoms with Crippen molar-refractivity contribution in [3.8, 4) is 0 Å². The van der Waals surface area contributed by atoms with E-state index in [-0.39, 0.29) is 0 Å². The van der Waals surface area contributed by atoms with E-state index in [2.05, 4.69) is 6.92 Å². The van der Waals surface area contributed by atoms with Crippen LogP contribution < -0.4 is 0 Å². The minimum absolute atomic E-state index is 0.727. The zero-order valence-electron chi connectivity index (χ0n) is 4.85. The Hall–Kier alpha value is -0.0800. The molecule has 0 aromatic rings. The highest BCUT2D eigenvalue weighted by atomic mass is 16.7. The molecule has 1 rings (SSSR count). The molecule has 0 bridgehead atoms. The van der Waals surface area contributed by atoms with Crippen LogP contribution in [-0.4, -0.2) is 25.3 Å². The summed E-state index contributed by atoms with van der Waals surface area (Å²) in [5.41, 5.74) is 0. The SMILES string of the molecule is C[C@H]1CON(C)C1. The van der Waals surface area contributed by atoms with Crippen molar-refractivity contribution in [3.63, 3.8) is 0 Å². The van der Waals surface area contributed by atoms with E-state index in [0.29, 0.717) is 0 Å². The van der Waals surface area contributed by atoms with Gasteiger partial charge in [0.25, 0.3) is 0 Å². The summed E-state index contributed by atoms with van der Waals surface area (Å²) in [6, 6.07) is 0. The van der Waals surface area contributed by atoms with Crippen molar-refractivity contribution in [3.05, 3.63) is 0 Å². The first kappa shape index (κ1) is 5.06. The van der Waals surface area contributed by atoms with Crippen LogP contribution in [0, 0.1) is 5.92 Å². The first-order chi connectivity index (χ1) is 3.29. The summed E-state index contributed by atoms with van der Waals surface area (Å²) in [5, 5.41) is 1.88. The maximum absolute atomic E-state index is 5.10. The second kappa shape index (κ2) is 1.80. The summed E-state index contributed by atoms with van der Waals surface area (Å²) in [7, 11) is 1.96. The molecule has 1 atom stereocenters. The minimum Gasteiger partial charge on any atom is -0.299 e. The Bertz CT molecular complexity index is 57.1. The molecule has 0 saturated carbocycles. The van der Waals surface area contributed by atoms with Crippen molar-refractivity contribution in [1.29, 1.82) is 0 Å². The van der Waals surface area contributed by atoms with E-state index in [1.54, 1.807) is 0 Å². The van der Waals surface area contributed by atoms with Gasteiger partial charge in [0, 0.05) is 13.6 Å². The molecule has 1 aliphatic rings. The molecule has 2 heteroatoms. The summed E-state index contributed by atoms with van der Waals surface area (Å²) in [6.07, 6.45) is 0. The van der Waals surface area contributed by atoms with Crippen LogP contribution in [0.4, 0.5) is 0 Å². The number of hydrogen-bond acceptors (Lipinski definition) is 2. The number of hydrogen-bond donors (Lipinski definition) is 0. The normalized spacial score (nSPS) is 34.3. The van der Waals surface area contributed by atoms with E-state index in [0.717, 1.165) is 19.1 Å². The highest BCUT2D eigenvalue weighted by Gasteiger charge is 2.14. The van der Waals surface area contributed by atoms with Gasteiger partial charge in [0.1, 0.15) is 0 Å². The van der Waals surface area contributed by atoms with Crippen LogP contribution in [0.25, 0.3) is 0 Å². The lowest BCUT2D eigenvalue weighted by Gasteiger charge is -2.01. The Morgan fingerprint density at radius 2 is 2.43 bits per heavy atom. The lowest BCUT2D eigenvalue weighted by atomic mass is 10.2. The predicted molar refractivity (Wildman–Crippen MR) is 27.7 cm³/mol. The third kappa shape index (κ3) is 1.14. The first-order valence-electron chi connectivity index (χ1n) is 2.63. The molecule has 1 saturated heterocycles. The molecule has 1 fully saturated rings. The molecule has 42 valence electrons. The fraction of sp³-hybridized carbons (Fsp3) is 1.00. The topological polar surface area (TPSA) is 12.5 Å². The van der Waals surface area contributed by atoms with E-state index >= 15 is 0 Å². The van der Waals surface area contributed by atoms with Gasteiger partial charge in [-0.2, -0.15) is 5.06 Å². The zero-order valence-corrected chi connectivity index (χ0v) is 4.85. The van der Waals surface area contributed by atoms with E-state index in [4.69, 9.17) is 4.84 Å². The van der Waals surface area contributed by atoms with Crippen molar-refractivity contribution in [2.45, 2.75) is 6.92 Å². The van der Waals surface area contributed by atoms with Crippen molar-refractivity contribution < 1.29 is 4.84 Å². The minimum atomic E-state index is 0.727. The predicted octanol–water partition coefficient (Wildman–Crippen LogP) is 0.500. The largest absolute Gasteiger partial charge is 0.299 e. The molecule has 0 spiro atoms. The molecule has 2 nitrogen and oxygen atoms in total. The highest BCUT2D eigenvalue weighted by molar-refractivity contribution is 4.56. The lowest BCUT2D eigenvalue weighted by molar-refractivity contribution is -0.0871. The van der Waals surface area contributed by atoms with Gasteiger partial charge in [0.2, 0.25) is 0 Å². The van der Waals surface area contributed by atoms with Crippen LogP contribution >= 0.6 is 0 Å². The van der Waals surface area contributed by atoms with Crippen LogP contribution in [-0.2, 0) is 4.84 Å². The van der Waals surface area contributed by atoms with Crippen molar-refractivity contribution in [2.24, 2.45) is 5.92 Å². The third-order valence-corrected chi connectivity index (χ3v) is 1.15. The molecule has 0 aromatic heterocycles. The molecule has 1 aliphatic heterocycles. The van der Waals surface area contributed by atoms with Crippen molar-refractivity contribution in [1.82, 2.24) is 5.06 Å². The monoisotopic (exact) mass is 101 g/mol. The zero-order chi connectivity index (χ0) is 5.28. The average molecular weight is 101 g/mol. The van der Waals surface area contributed by atoms with Gasteiger partial charge in [0.15, 0.2) is 0 Å². The van der Waals surface area contributed by atoms with Crippen molar-refractivity contribution >= 4 is 0 Å². The van der Waals surface area contributed by atoms with Crippen LogP contribution in [0.1, 0.15) is 6.92 Å². The molecule has 7 heavy (non-hydrogen) atoms. The fourth-order valence-electron chi connectivity index (χ4n) is 0.799. The van der Waals surface area contributed by atoms with Gasteiger partial charge in [-0.1, -0.05) is 6.92 Å². The first-order valence-corrected chi connectivity index (χ1v) is 2.63. The Labute approximate surface area is 44.0 Å². The van der Waals surface area contributed by atoms with Gasteiger partial charge in [-0.05, 0) is 5.92 Å². The Morgan fingerprint density at radius 3 is 2.57 bits per heavy atom. The van der Waals surface area contributed by atoms with Crippen LogP contribution in [0.15, 0.2) is 0 Å². The summed E-state index contributed by atoms with van der Waals surface area (Å²) in [4.78, 5) is 5.10. The van der Waals surface area contributed by atoms with E-state index in [9.17, 15) is 0 Å². The summed E-state index contributed by atoms with van der Waals surface area (Å²) >= 11 is 0. The van der Waals surface area contributed by atoms with Gasteiger partial charge in [-0.3, -0.25) is 4.84 Å². The lowest BCUT2D eigenvalue weighted by Crippen LogP contribution is -2.10. The van der Waals surface area contributed by atoms with Gasteiger partial charge >= 0.3 is 0 Å². The van der Waals surface area contributed by atoms with Crippen molar-refractivity contribution in [2.75, 3.05) is 20.2 Å². The summed E-state index contributed by atoms with van der Waals surface area (Å²) in [6.45, 7) is 4.17. The number of nitrogens with zero attached hydrogens (tertiary/aromatic N) is 1. The molecule has 0 radical (unpaired) electrons. The second-order valence-corrected chi connectivity index (χ2v) is 2.21. The molecule has 0 aliphatic carbocycles. The number of hydroxylamine groups is 2. The van der Waals surface area contributed by atoms with Crippen LogP contribution in [0.3, 0.4) is 0 Å². The maximum Gasteiger partial charge on any atom is 0.0723 e. The number of rotatable bonds is 0. The van der Waals surface area contributed by atoms with E-state index in [1.807, 2.05) is 12.1 Å². The smallest absolute Gasteiger partial charge is 0.0723 e. The second-order valence-electron chi connectivity index (χ2n) is 2.21. The third-order valence-electron chi connectivity index (χ3n) is 1.15. The Morgan fingerprint density at radius 1 is 1.71 bits per heavy atom. The van der Waals surface area contributed by atoms with Crippen LogP contribution in [0.5, 0.6) is 0 Å². The summed E-state index contributed by atoms with van der Waals surface area (Å²) in [5.74, 6) is 0.727.